The van der Waals surface area contributed by atoms with Crippen LogP contribution in [0.1, 0.15) is 26.5 Å². The van der Waals surface area contributed by atoms with Gasteiger partial charge in [-0.05, 0) is 24.3 Å². The second-order valence-electron chi connectivity index (χ2n) is 5.51. The molecule has 1 heterocycles. The molecule has 0 aliphatic carbocycles. The number of rotatable bonds is 1. The standard InChI is InChI=1S/C13H16FNO2S/c1-13(2,3)12-8-9-7-10(14)5-6-11(9)15(12)18(4,16)17/h5-8H,1-4H3. The highest BCUT2D eigenvalue weighted by Gasteiger charge is 2.25. The molecule has 0 atom stereocenters. The maximum Gasteiger partial charge on any atom is 0.236 e. The Balaban J connectivity index is 2.95. The van der Waals surface area contributed by atoms with Crippen molar-refractivity contribution in [1.29, 1.82) is 0 Å². The van der Waals surface area contributed by atoms with Crippen molar-refractivity contribution in [2.24, 2.45) is 0 Å². The van der Waals surface area contributed by atoms with Crippen molar-refractivity contribution in [3.8, 4) is 0 Å². The van der Waals surface area contributed by atoms with E-state index in [1.54, 1.807) is 6.07 Å². The Morgan fingerprint density at radius 2 is 1.78 bits per heavy atom. The van der Waals surface area contributed by atoms with Crippen molar-refractivity contribution in [2.75, 3.05) is 6.26 Å². The van der Waals surface area contributed by atoms with Crippen molar-refractivity contribution in [3.63, 3.8) is 0 Å². The first-order chi connectivity index (χ1) is 8.10. The Kier molecular flexibility index (Phi) is 2.77. The summed E-state index contributed by atoms with van der Waals surface area (Å²) in [6.07, 6.45) is 1.16. The zero-order valence-corrected chi connectivity index (χ0v) is 11.7. The van der Waals surface area contributed by atoms with Gasteiger partial charge in [0.1, 0.15) is 5.82 Å². The van der Waals surface area contributed by atoms with Crippen LogP contribution in [0.15, 0.2) is 24.3 Å². The van der Waals surface area contributed by atoms with Gasteiger partial charge < -0.3 is 0 Å². The largest absolute Gasteiger partial charge is 0.242 e. The third kappa shape index (κ3) is 2.14. The Morgan fingerprint density at radius 1 is 1.17 bits per heavy atom. The summed E-state index contributed by atoms with van der Waals surface area (Å²) in [5.41, 5.74) is 0.841. The summed E-state index contributed by atoms with van der Waals surface area (Å²) >= 11 is 0. The van der Waals surface area contributed by atoms with Crippen LogP contribution in [0, 0.1) is 5.82 Å². The van der Waals surface area contributed by atoms with Gasteiger partial charge in [0.25, 0.3) is 0 Å². The molecule has 18 heavy (non-hydrogen) atoms. The topological polar surface area (TPSA) is 39.1 Å². The summed E-state index contributed by atoms with van der Waals surface area (Å²) in [7, 11) is -3.42. The number of halogens is 1. The molecule has 0 spiro atoms. The normalized spacial score (nSPS) is 13.2. The number of hydrogen-bond donors (Lipinski definition) is 0. The van der Waals surface area contributed by atoms with Crippen molar-refractivity contribution in [3.05, 3.63) is 35.8 Å². The van der Waals surface area contributed by atoms with E-state index in [0.717, 1.165) is 6.26 Å². The molecule has 0 N–H and O–H groups in total. The quantitative estimate of drug-likeness (QED) is 0.798. The van der Waals surface area contributed by atoms with Crippen LogP contribution >= 0.6 is 0 Å². The van der Waals surface area contributed by atoms with E-state index in [9.17, 15) is 12.8 Å². The van der Waals surface area contributed by atoms with Crippen LogP contribution in [0.4, 0.5) is 4.39 Å². The van der Waals surface area contributed by atoms with Crippen LogP contribution in [-0.4, -0.2) is 18.6 Å². The predicted octanol–water partition coefficient (Wildman–Crippen LogP) is 2.89. The van der Waals surface area contributed by atoms with E-state index in [1.165, 1.54) is 22.2 Å². The van der Waals surface area contributed by atoms with Gasteiger partial charge in [-0.15, -0.1) is 0 Å². The fourth-order valence-electron chi connectivity index (χ4n) is 2.04. The molecule has 5 heteroatoms. The minimum atomic E-state index is -3.42. The molecule has 1 aromatic heterocycles. The first-order valence-electron chi connectivity index (χ1n) is 5.63. The fourth-order valence-corrected chi connectivity index (χ4v) is 3.25. The summed E-state index contributed by atoms with van der Waals surface area (Å²) in [5, 5.41) is 0.602. The van der Waals surface area contributed by atoms with Crippen molar-refractivity contribution < 1.29 is 12.8 Å². The van der Waals surface area contributed by atoms with Gasteiger partial charge in [0, 0.05) is 16.5 Å². The lowest BCUT2D eigenvalue weighted by molar-refractivity contribution is 0.549. The van der Waals surface area contributed by atoms with Gasteiger partial charge in [-0.1, -0.05) is 20.8 Å². The Bertz CT molecular complexity index is 708. The third-order valence-electron chi connectivity index (χ3n) is 2.82. The van der Waals surface area contributed by atoms with E-state index < -0.39 is 10.0 Å². The molecule has 98 valence electrons. The molecule has 0 fully saturated rings. The summed E-state index contributed by atoms with van der Waals surface area (Å²) in [5.74, 6) is -0.367. The van der Waals surface area contributed by atoms with Crippen molar-refractivity contribution >= 4 is 20.9 Å². The lowest BCUT2D eigenvalue weighted by atomic mass is 9.92. The lowest BCUT2D eigenvalue weighted by Gasteiger charge is -2.20. The maximum absolute atomic E-state index is 13.2. The molecular weight excluding hydrogens is 253 g/mol. The van der Waals surface area contributed by atoms with Crippen LogP contribution in [0.5, 0.6) is 0 Å². The fraction of sp³-hybridized carbons (Fsp3) is 0.385. The second kappa shape index (κ2) is 3.82. The summed E-state index contributed by atoms with van der Waals surface area (Å²) in [4.78, 5) is 0. The molecule has 0 unspecified atom stereocenters. The van der Waals surface area contributed by atoms with Crippen molar-refractivity contribution in [1.82, 2.24) is 3.97 Å². The molecule has 0 aliphatic heterocycles. The average Bonchev–Trinajstić information content (AvgIpc) is 2.54. The number of fused-ring (bicyclic) bond motifs is 1. The second-order valence-corrected chi connectivity index (χ2v) is 7.34. The van der Waals surface area contributed by atoms with Gasteiger partial charge in [-0.2, -0.15) is 0 Å². The summed E-state index contributed by atoms with van der Waals surface area (Å²) < 4.78 is 38.4. The molecule has 3 nitrogen and oxygen atoms in total. The third-order valence-corrected chi connectivity index (χ3v) is 3.88. The minimum absolute atomic E-state index is 0.335. The maximum atomic E-state index is 13.2. The highest BCUT2D eigenvalue weighted by molar-refractivity contribution is 7.89. The van der Waals surface area contributed by atoms with Gasteiger partial charge in [0.05, 0.1) is 11.8 Å². The SMILES string of the molecule is CC(C)(C)c1cc2cc(F)ccc2n1S(C)(=O)=O. The predicted molar refractivity (Wildman–Crippen MR) is 70.8 cm³/mol. The van der Waals surface area contributed by atoms with Crippen molar-refractivity contribution in [2.45, 2.75) is 26.2 Å². The van der Waals surface area contributed by atoms with Crippen LogP contribution in [-0.2, 0) is 15.4 Å². The highest BCUT2D eigenvalue weighted by atomic mass is 32.2. The molecule has 0 saturated carbocycles. The van der Waals surface area contributed by atoms with E-state index in [1.807, 2.05) is 20.8 Å². The van der Waals surface area contributed by atoms with Gasteiger partial charge in [-0.3, -0.25) is 0 Å². The van der Waals surface area contributed by atoms with Crippen LogP contribution < -0.4 is 0 Å². The molecule has 0 bridgehead atoms. The molecule has 0 aliphatic rings. The van der Waals surface area contributed by atoms with Gasteiger partial charge in [0.15, 0.2) is 0 Å². The average molecular weight is 269 g/mol. The monoisotopic (exact) mass is 269 g/mol. The smallest absolute Gasteiger partial charge is 0.236 e. The Morgan fingerprint density at radius 3 is 2.28 bits per heavy atom. The number of benzene rings is 1. The zero-order valence-electron chi connectivity index (χ0n) is 10.9. The summed E-state index contributed by atoms with van der Waals surface area (Å²) in [6.45, 7) is 5.79. The van der Waals surface area contributed by atoms with Crippen LogP contribution in [0.3, 0.4) is 0 Å². The van der Waals surface area contributed by atoms with Gasteiger partial charge >= 0.3 is 0 Å². The first-order valence-corrected chi connectivity index (χ1v) is 7.47. The van der Waals surface area contributed by atoms with E-state index >= 15 is 0 Å². The van der Waals surface area contributed by atoms with Crippen LogP contribution in [0.25, 0.3) is 10.9 Å². The molecule has 1 aromatic carbocycles. The zero-order chi connectivity index (χ0) is 13.7. The lowest BCUT2D eigenvalue weighted by Crippen LogP contribution is -2.22. The molecule has 0 radical (unpaired) electrons. The number of hydrogen-bond acceptors (Lipinski definition) is 2. The molecule has 0 amide bonds. The van der Waals surface area contributed by atoms with Crippen LogP contribution in [0.2, 0.25) is 0 Å². The van der Waals surface area contributed by atoms with E-state index in [2.05, 4.69) is 0 Å². The molecule has 2 aromatic rings. The van der Waals surface area contributed by atoms with E-state index in [-0.39, 0.29) is 11.2 Å². The number of aromatic nitrogens is 1. The molecule has 0 saturated heterocycles. The van der Waals surface area contributed by atoms with Gasteiger partial charge in [-0.25, -0.2) is 16.8 Å². The Hall–Kier alpha value is -1.36. The first kappa shape index (κ1) is 13.1. The Labute approximate surface area is 106 Å². The number of nitrogens with zero attached hydrogens (tertiary/aromatic N) is 1. The molecular formula is C13H16FNO2S. The van der Waals surface area contributed by atoms with E-state index in [0.29, 0.717) is 16.6 Å². The molecule has 2 rings (SSSR count). The highest BCUT2D eigenvalue weighted by Crippen LogP contribution is 2.31. The minimum Gasteiger partial charge on any atom is -0.242 e. The van der Waals surface area contributed by atoms with Gasteiger partial charge in [0.2, 0.25) is 10.0 Å². The van der Waals surface area contributed by atoms with E-state index in [4.69, 9.17) is 0 Å². The summed E-state index contributed by atoms with van der Waals surface area (Å²) in [6, 6.07) is 5.86.